The molecule has 102 valence electrons. The van der Waals surface area contributed by atoms with Crippen LogP contribution in [0.15, 0.2) is 22.7 Å². The second-order valence-corrected chi connectivity index (χ2v) is 5.62. The molecule has 0 saturated carbocycles. The van der Waals surface area contributed by atoms with E-state index in [0.29, 0.717) is 0 Å². The maximum absolute atomic E-state index is 9.85. The van der Waals surface area contributed by atoms with Gasteiger partial charge in [0, 0.05) is 22.6 Å². The van der Waals surface area contributed by atoms with Crippen LogP contribution < -0.4 is 5.32 Å². The largest absolute Gasteiger partial charge is 0.508 e. The van der Waals surface area contributed by atoms with Gasteiger partial charge in [-0.2, -0.15) is 0 Å². The highest BCUT2D eigenvalue weighted by Gasteiger charge is 2.22. The van der Waals surface area contributed by atoms with Crippen molar-refractivity contribution in [3.63, 3.8) is 0 Å². The predicted molar refractivity (Wildman–Crippen MR) is 74.6 cm³/mol. The van der Waals surface area contributed by atoms with Crippen molar-refractivity contribution in [1.29, 1.82) is 0 Å². The van der Waals surface area contributed by atoms with Crippen LogP contribution in [0.2, 0.25) is 0 Å². The molecule has 0 saturated heterocycles. The van der Waals surface area contributed by atoms with E-state index >= 15 is 0 Å². The summed E-state index contributed by atoms with van der Waals surface area (Å²) in [6.07, 6.45) is 0.769. The SMILES string of the molecule is CCC(NCC(C)(O)CO)c1cc(Br)ccc1O. The zero-order valence-corrected chi connectivity index (χ0v) is 12.2. The summed E-state index contributed by atoms with van der Waals surface area (Å²) >= 11 is 3.37. The number of benzene rings is 1. The van der Waals surface area contributed by atoms with Gasteiger partial charge < -0.3 is 20.6 Å². The number of phenols is 1. The smallest absolute Gasteiger partial charge is 0.120 e. The van der Waals surface area contributed by atoms with Gasteiger partial charge in [0.2, 0.25) is 0 Å². The first kappa shape index (κ1) is 15.4. The van der Waals surface area contributed by atoms with E-state index in [-0.39, 0.29) is 24.9 Å². The van der Waals surface area contributed by atoms with Crippen LogP contribution in [0.1, 0.15) is 31.9 Å². The molecule has 4 N–H and O–H groups in total. The van der Waals surface area contributed by atoms with Crippen molar-refractivity contribution in [2.45, 2.75) is 31.9 Å². The van der Waals surface area contributed by atoms with Crippen molar-refractivity contribution in [1.82, 2.24) is 5.32 Å². The molecule has 1 aromatic rings. The molecular weight excluding hydrogens is 298 g/mol. The molecule has 0 amide bonds. The third-order valence-corrected chi connectivity index (χ3v) is 3.34. The lowest BCUT2D eigenvalue weighted by Gasteiger charge is -2.25. The zero-order chi connectivity index (χ0) is 13.8. The van der Waals surface area contributed by atoms with Crippen LogP contribution in [-0.2, 0) is 0 Å². The lowest BCUT2D eigenvalue weighted by atomic mass is 10.0. The van der Waals surface area contributed by atoms with Gasteiger partial charge in [0.25, 0.3) is 0 Å². The van der Waals surface area contributed by atoms with E-state index in [1.54, 1.807) is 19.1 Å². The predicted octanol–water partition coefficient (Wildman–Crippen LogP) is 1.94. The van der Waals surface area contributed by atoms with E-state index in [1.165, 1.54) is 0 Å². The van der Waals surface area contributed by atoms with Crippen LogP contribution in [0.25, 0.3) is 0 Å². The van der Waals surface area contributed by atoms with E-state index in [0.717, 1.165) is 16.5 Å². The van der Waals surface area contributed by atoms with E-state index in [1.807, 2.05) is 13.0 Å². The van der Waals surface area contributed by atoms with Gasteiger partial charge in [-0.1, -0.05) is 22.9 Å². The summed E-state index contributed by atoms with van der Waals surface area (Å²) in [7, 11) is 0. The minimum Gasteiger partial charge on any atom is -0.508 e. The molecule has 1 aromatic carbocycles. The fourth-order valence-electron chi connectivity index (χ4n) is 1.68. The van der Waals surface area contributed by atoms with Gasteiger partial charge in [0.1, 0.15) is 5.75 Å². The standard InChI is InChI=1S/C13H20BrNO3/c1-3-11(15-7-13(2,18)8-16)10-6-9(14)4-5-12(10)17/h4-6,11,15-18H,3,7-8H2,1-2H3. The van der Waals surface area contributed by atoms with Crippen molar-refractivity contribution >= 4 is 15.9 Å². The molecule has 4 nitrogen and oxygen atoms in total. The molecule has 0 fully saturated rings. The average Bonchev–Trinajstić information content (AvgIpc) is 2.34. The molecule has 2 unspecified atom stereocenters. The van der Waals surface area contributed by atoms with E-state index < -0.39 is 5.60 Å². The highest BCUT2D eigenvalue weighted by Crippen LogP contribution is 2.29. The third kappa shape index (κ3) is 4.24. The summed E-state index contributed by atoms with van der Waals surface area (Å²) in [5, 5.41) is 31.8. The number of rotatable bonds is 6. The quantitative estimate of drug-likeness (QED) is 0.647. The normalized spacial score (nSPS) is 16.3. The summed E-state index contributed by atoms with van der Waals surface area (Å²) in [4.78, 5) is 0. The van der Waals surface area contributed by atoms with Crippen LogP contribution in [0, 0.1) is 0 Å². The van der Waals surface area contributed by atoms with Crippen LogP contribution in [-0.4, -0.2) is 34.1 Å². The molecule has 0 aliphatic rings. The number of hydrogen-bond donors (Lipinski definition) is 4. The van der Waals surface area contributed by atoms with Crippen LogP contribution >= 0.6 is 15.9 Å². The molecule has 2 atom stereocenters. The number of hydrogen-bond acceptors (Lipinski definition) is 4. The summed E-state index contributed by atoms with van der Waals surface area (Å²) in [5.74, 6) is 0.223. The third-order valence-electron chi connectivity index (χ3n) is 2.84. The van der Waals surface area contributed by atoms with Crippen LogP contribution in [0.5, 0.6) is 5.75 Å². The molecular formula is C13H20BrNO3. The highest BCUT2D eigenvalue weighted by molar-refractivity contribution is 9.10. The number of nitrogens with one attached hydrogen (secondary N) is 1. The monoisotopic (exact) mass is 317 g/mol. The van der Waals surface area contributed by atoms with Gasteiger partial charge in [0.15, 0.2) is 0 Å². The first-order chi connectivity index (χ1) is 8.39. The lowest BCUT2D eigenvalue weighted by molar-refractivity contribution is 0.000541. The Morgan fingerprint density at radius 2 is 2.11 bits per heavy atom. The van der Waals surface area contributed by atoms with Crippen molar-refractivity contribution in [2.24, 2.45) is 0 Å². The maximum Gasteiger partial charge on any atom is 0.120 e. The maximum atomic E-state index is 9.85. The van der Waals surface area contributed by atoms with Crippen molar-refractivity contribution in [3.05, 3.63) is 28.2 Å². The number of aliphatic hydroxyl groups is 2. The van der Waals surface area contributed by atoms with Crippen molar-refractivity contribution in [2.75, 3.05) is 13.2 Å². The van der Waals surface area contributed by atoms with Gasteiger partial charge in [-0.15, -0.1) is 0 Å². The number of aromatic hydroxyl groups is 1. The Labute approximate surface area is 116 Å². The molecule has 0 aliphatic heterocycles. The van der Waals surface area contributed by atoms with Crippen molar-refractivity contribution in [3.8, 4) is 5.75 Å². The second kappa shape index (κ2) is 6.52. The van der Waals surface area contributed by atoms with Gasteiger partial charge in [-0.05, 0) is 31.5 Å². The van der Waals surface area contributed by atoms with Gasteiger partial charge in [-0.3, -0.25) is 0 Å². The minimum absolute atomic E-state index is 0.0690. The fraction of sp³-hybridized carbons (Fsp3) is 0.538. The Morgan fingerprint density at radius 1 is 1.44 bits per heavy atom. The Hall–Kier alpha value is -0.620. The average molecular weight is 318 g/mol. The Kier molecular flexibility index (Phi) is 5.59. The molecule has 5 heteroatoms. The Morgan fingerprint density at radius 3 is 2.67 bits per heavy atom. The molecule has 0 aliphatic carbocycles. The van der Waals surface area contributed by atoms with Gasteiger partial charge in [-0.25, -0.2) is 0 Å². The van der Waals surface area contributed by atoms with Gasteiger partial charge in [0.05, 0.1) is 12.2 Å². The van der Waals surface area contributed by atoms with Crippen molar-refractivity contribution < 1.29 is 15.3 Å². The number of halogens is 1. The minimum atomic E-state index is -1.16. The Balaban J connectivity index is 2.80. The lowest BCUT2D eigenvalue weighted by Crippen LogP contribution is -2.42. The summed E-state index contributed by atoms with van der Waals surface area (Å²) in [6.45, 7) is 3.51. The second-order valence-electron chi connectivity index (χ2n) is 4.70. The molecule has 1 rings (SSSR count). The summed E-state index contributed by atoms with van der Waals surface area (Å²) in [5.41, 5.74) is -0.379. The Bertz CT molecular complexity index is 396. The van der Waals surface area contributed by atoms with Crippen LogP contribution in [0.3, 0.4) is 0 Å². The summed E-state index contributed by atoms with van der Waals surface area (Å²) in [6, 6.07) is 5.19. The molecule has 0 spiro atoms. The molecule has 0 radical (unpaired) electrons. The first-order valence-corrected chi connectivity index (χ1v) is 6.74. The number of phenolic OH excluding ortho intramolecular Hbond substituents is 1. The molecule has 0 heterocycles. The molecule has 0 bridgehead atoms. The van der Waals surface area contributed by atoms with E-state index in [4.69, 9.17) is 5.11 Å². The zero-order valence-electron chi connectivity index (χ0n) is 10.7. The highest BCUT2D eigenvalue weighted by atomic mass is 79.9. The van der Waals surface area contributed by atoms with E-state index in [9.17, 15) is 10.2 Å². The van der Waals surface area contributed by atoms with E-state index in [2.05, 4.69) is 21.2 Å². The summed E-state index contributed by atoms with van der Waals surface area (Å²) < 4.78 is 0.893. The molecule has 0 aromatic heterocycles. The van der Waals surface area contributed by atoms with Crippen LogP contribution in [0.4, 0.5) is 0 Å². The van der Waals surface area contributed by atoms with Gasteiger partial charge >= 0.3 is 0 Å². The topological polar surface area (TPSA) is 72.7 Å². The first-order valence-electron chi connectivity index (χ1n) is 5.94. The number of aliphatic hydroxyl groups excluding tert-OH is 1. The molecule has 18 heavy (non-hydrogen) atoms. The fourth-order valence-corrected chi connectivity index (χ4v) is 2.06.